The van der Waals surface area contributed by atoms with Crippen LogP contribution >= 0.6 is 11.8 Å². The van der Waals surface area contributed by atoms with Gasteiger partial charge in [-0.1, -0.05) is 27.7 Å². The molecular formula is C16H27N3S. The lowest BCUT2D eigenvalue weighted by molar-refractivity contribution is 0.587. The second-order valence-electron chi connectivity index (χ2n) is 6.18. The van der Waals surface area contributed by atoms with Gasteiger partial charge in [0.25, 0.3) is 0 Å². The predicted octanol–water partition coefficient (Wildman–Crippen LogP) is 3.22. The number of pyridine rings is 1. The molecule has 1 fully saturated rings. The summed E-state index contributed by atoms with van der Waals surface area (Å²) in [7, 11) is 0. The molecule has 4 heteroatoms. The van der Waals surface area contributed by atoms with Gasteiger partial charge < -0.3 is 10.2 Å². The van der Waals surface area contributed by atoms with Gasteiger partial charge in [0.05, 0.1) is 0 Å². The first-order valence-electron chi connectivity index (χ1n) is 7.55. The van der Waals surface area contributed by atoms with E-state index in [0.717, 1.165) is 25.5 Å². The maximum Gasteiger partial charge on any atom is 0.131 e. The largest absolute Gasteiger partial charge is 0.354 e. The van der Waals surface area contributed by atoms with E-state index >= 15 is 0 Å². The van der Waals surface area contributed by atoms with E-state index in [1.165, 1.54) is 11.1 Å². The molecule has 0 bridgehead atoms. The lowest BCUT2D eigenvalue weighted by Gasteiger charge is -2.36. The van der Waals surface area contributed by atoms with Crippen LogP contribution in [0.4, 0.5) is 5.82 Å². The molecule has 2 rings (SSSR count). The molecule has 1 saturated heterocycles. The molecule has 3 nitrogen and oxygen atoms in total. The van der Waals surface area contributed by atoms with Crippen LogP contribution in [0.2, 0.25) is 0 Å². The molecule has 0 spiro atoms. The van der Waals surface area contributed by atoms with E-state index in [2.05, 4.69) is 62.7 Å². The molecule has 0 saturated carbocycles. The Kier molecular flexibility index (Phi) is 5.33. The van der Waals surface area contributed by atoms with Crippen molar-refractivity contribution in [2.45, 2.75) is 57.7 Å². The molecule has 0 aliphatic carbocycles. The second kappa shape index (κ2) is 6.81. The molecule has 0 radical (unpaired) electrons. The minimum absolute atomic E-state index is 0.510. The summed E-state index contributed by atoms with van der Waals surface area (Å²) in [4.78, 5) is 7.17. The van der Waals surface area contributed by atoms with Crippen LogP contribution in [0.3, 0.4) is 0 Å². The molecule has 1 aromatic heterocycles. The zero-order chi connectivity index (χ0) is 14.7. The summed E-state index contributed by atoms with van der Waals surface area (Å²) >= 11 is 2.08. The average Bonchev–Trinajstić information content (AvgIpc) is 2.35. The van der Waals surface area contributed by atoms with Crippen LogP contribution in [0.25, 0.3) is 0 Å². The summed E-state index contributed by atoms with van der Waals surface area (Å²) in [6.07, 6.45) is 2.02. The third kappa shape index (κ3) is 4.13. The van der Waals surface area contributed by atoms with E-state index in [9.17, 15) is 0 Å². The van der Waals surface area contributed by atoms with E-state index in [-0.39, 0.29) is 0 Å². The number of thioether (sulfide) groups is 1. The van der Waals surface area contributed by atoms with Crippen LogP contribution in [0.15, 0.2) is 12.3 Å². The number of anilines is 1. The first-order chi connectivity index (χ1) is 9.45. The minimum Gasteiger partial charge on any atom is -0.354 e. The maximum absolute atomic E-state index is 4.73. The Morgan fingerprint density at radius 2 is 2.00 bits per heavy atom. The van der Waals surface area contributed by atoms with E-state index < -0.39 is 0 Å². The molecule has 2 unspecified atom stereocenters. The zero-order valence-electron chi connectivity index (χ0n) is 13.3. The summed E-state index contributed by atoms with van der Waals surface area (Å²) in [6.45, 7) is 14.2. The lowest BCUT2D eigenvalue weighted by Crippen LogP contribution is -2.41. The Bertz CT molecular complexity index is 437. The van der Waals surface area contributed by atoms with Crippen molar-refractivity contribution >= 4 is 17.6 Å². The van der Waals surface area contributed by atoms with Crippen molar-refractivity contribution in [2.75, 3.05) is 18.0 Å². The van der Waals surface area contributed by atoms with Gasteiger partial charge in [-0.05, 0) is 24.1 Å². The fourth-order valence-corrected chi connectivity index (χ4v) is 4.05. The first-order valence-corrected chi connectivity index (χ1v) is 8.49. The van der Waals surface area contributed by atoms with Crippen molar-refractivity contribution in [1.29, 1.82) is 0 Å². The van der Waals surface area contributed by atoms with Crippen molar-refractivity contribution in [3.63, 3.8) is 0 Å². The first kappa shape index (κ1) is 15.6. The van der Waals surface area contributed by atoms with Gasteiger partial charge in [-0.15, -0.1) is 0 Å². The fraction of sp³-hybridized carbons (Fsp3) is 0.688. The van der Waals surface area contributed by atoms with Gasteiger partial charge in [-0.25, -0.2) is 4.98 Å². The highest BCUT2D eigenvalue weighted by molar-refractivity contribution is 8.00. The quantitative estimate of drug-likeness (QED) is 0.922. The number of rotatable bonds is 4. The van der Waals surface area contributed by atoms with Gasteiger partial charge in [-0.3, -0.25) is 0 Å². The predicted molar refractivity (Wildman–Crippen MR) is 89.7 cm³/mol. The number of hydrogen-bond acceptors (Lipinski definition) is 4. The molecule has 1 N–H and O–H groups in total. The van der Waals surface area contributed by atoms with Gasteiger partial charge in [0.15, 0.2) is 0 Å². The summed E-state index contributed by atoms with van der Waals surface area (Å²) in [6, 6.07) is 2.78. The SMILES string of the molecule is Cc1cc(CNC(C)C)cnc1N1CC(C)SC(C)C1. The van der Waals surface area contributed by atoms with E-state index in [0.29, 0.717) is 16.5 Å². The van der Waals surface area contributed by atoms with E-state index in [1.54, 1.807) is 0 Å². The van der Waals surface area contributed by atoms with Crippen LogP contribution in [0.5, 0.6) is 0 Å². The molecule has 1 aliphatic heterocycles. The summed E-state index contributed by atoms with van der Waals surface area (Å²) in [5.41, 5.74) is 2.56. The molecule has 1 aromatic rings. The molecular weight excluding hydrogens is 266 g/mol. The topological polar surface area (TPSA) is 28.2 Å². The Hall–Kier alpha value is -0.740. The molecule has 20 heavy (non-hydrogen) atoms. The van der Waals surface area contributed by atoms with Crippen LogP contribution in [-0.4, -0.2) is 34.6 Å². The Morgan fingerprint density at radius 3 is 2.55 bits per heavy atom. The number of nitrogens with zero attached hydrogens (tertiary/aromatic N) is 2. The van der Waals surface area contributed by atoms with Gasteiger partial charge in [0.2, 0.25) is 0 Å². The standard InChI is InChI=1S/C16H27N3S/c1-11(2)17-7-15-6-12(3)16(18-8-15)19-9-13(4)20-14(5)10-19/h6,8,11,13-14,17H,7,9-10H2,1-5H3. The Morgan fingerprint density at radius 1 is 1.35 bits per heavy atom. The van der Waals surface area contributed by atoms with Gasteiger partial charge >= 0.3 is 0 Å². The highest BCUT2D eigenvalue weighted by Crippen LogP contribution is 2.29. The van der Waals surface area contributed by atoms with E-state index in [4.69, 9.17) is 4.98 Å². The molecule has 0 aromatic carbocycles. The van der Waals surface area contributed by atoms with Gasteiger partial charge in [-0.2, -0.15) is 11.8 Å². The molecule has 2 atom stereocenters. The summed E-state index contributed by atoms with van der Waals surface area (Å²) < 4.78 is 0. The highest BCUT2D eigenvalue weighted by atomic mass is 32.2. The minimum atomic E-state index is 0.510. The Balaban J connectivity index is 2.09. The smallest absolute Gasteiger partial charge is 0.131 e. The van der Waals surface area contributed by atoms with E-state index in [1.807, 2.05) is 6.20 Å². The summed E-state index contributed by atoms with van der Waals surface area (Å²) in [5.74, 6) is 1.16. The third-order valence-electron chi connectivity index (χ3n) is 3.54. The van der Waals surface area contributed by atoms with Crippen LogP contribution in [0, 0.1) is 6.92 Å². The molecule has 112 valence electrons. The van der Waals surface area contributed by atoms with Crippen molar-refractivity contribution in [2.24, 2.45) is 0 Å². The number of aromatic nitrogens is 1. The molecule has 0 amide bonds. The van der Waals surface area contributed by atoms with Crippen LogP contribution < -0.4 is 10.2 Å². The zero-order valence-corrected chi connectivity index (χ0v) is 14.1. The molecule has 1 aliphatic rings. The Labute approximate surface area is 127 Å². The summed E-state index contributed by atoms with van der Waals surface area (Å²) in [5, 5.41) is 4.81. The van der Waals surface area contributed by atoms with Crippen molar-refractivity contribution in [3.05, 3.63) is 23.4 Å². The van der Waals surface area contributed by atoms with Crippen LogP contribution in [0.1, 0.15) is 38.8 Å². The second-order valence-corrected chi connectivity index (χ2v) is 8.06. The number of hydrogen-bond donors (Lipinski definition) is 1. The average molecular weight is 293 g/mol. The fourth-order valence-electron chi connectivity index (χ4n) is 2.73. The maximum atomic E-state index is 4.73. The van der Waals surface area contributed by atoms with Crippen molar-refractivity contribution in [1.82, 2.24) is 10.3 Å². The normalized spacial score (nSPS) is 23.4. The number of nitrogens with one attached hydrogen (secondary N) is 1. The van der Waals surface area contributed by atoms with Crippen molar-refractivity contribution in [3.8, 4) is 0 Å². The third-order valence-corrected chi connectivity index (χ3v) is 4.77. The van der Waals surface area contributed by atoms with Gasteiger partial charge in [0.1, 0.15) is 5.82 Å². The van der Waals surface area contributed by atoms with Crippen molar-refractivity contribution < 1.29 is 0 Å². The molecule has 2 heterocycles. The van der Waals surface area contributed by atoms with Crippen LogP contribution in [-0.2, 0) is 6.54 Å². The van der Waals surface area contributed by atoms with Gasteiger partial charge in [0, 0.05) is 42.4 Å². The lowest BCUT2D eigenvalue weighted by atomic mass is 10.1. The number of aryl methyl sites for hydroxylation is 1. The highest BCUT2D eigenvalue weighted by Gasteiger charge is 2.24. The monoisotopic (exact) mass is 293 g/mol.